The van der Waals surface area contributed by atoms with Crippen LogP contribution in [0.25, 0.3) is 0 Å². The first-order valence-electron chi connectivity index (χ1n) is 8.37. The molecule has 0 saturated heterocycles. The number of nitrogens with two attached hydrogens (primary N) is 1. The van der Waals surface area contributed by atoms with E-state index in [1.807, 2.05) is 0 Å². The summed E-state index contributed by atoms with van der Waals surface area (Å²) in [5.74, 6) is 4.60. The van der Waals surface area contributed by atoms with Crippen LogP contribution in [0.4, 0.5) is 0 Å². The lowest BCUT2D eigenvalue weighted by Gasteiger charge is -2.42. The summed E-state index contributed by atoms with van der Waals surface area (Å²) in [4.78, 5) is 0. The molecule has 0 heterocycles. The second kappa shape index (κ2) is 6.41. The molecule has 0 aromatic carbocycles. The second-order valence-corrected chi connectivity index (χ2v) is 7.33. The van der Waals surface area contributed by atoms with Crippen LogP contribution in [0.15, 0.2) is 0 Å². The molecule has 0 aromatic rings. The number of rotatable bonds is 3. The zero-order valence-corrected chi connectivity index (χ0v) is 12.7. The van der Waals surface area contributed by atoms with E-state index in [4.69, 9.17) is 5.73 Å². The van der Waals surface area contributed by atoms with Gasteiger partial charge in [0.15, 0.2) is 0 Å². The van der Waals surface area contributed by atoms with Crippen molar-refractivity contribution < 1.29 is 0 Å². The molecular formula is C17H33N. The van der Waals surface area contributed by atoms with Crippen molar-refractivity contribution in [3.63, 3.8) is 0 Å². The van der Waals surface area contributed by atoms with Gasteiger partial charge in [-0.15, -0.1) is 0 Å². The minimum atomic E-state index is 0.503. The predicted octanol–water partition coefficient (Wildman–Crippen LogP) is 4.60. The van der Waals surface area contributed by atoms with Crippen LogP contribution >= 0.6 is 0 Å². The van der Waals surface area contributed by atoms with Crippen LogP contribution in [0, 0.1) is 29.6 Å². The van der Waals surface area contributed by atoms with E-state index in [0.717, 1.165) is 29.6 Å². The first-order chi connectivity index (χ1) is 8.61. The van der Waals surface area contributed by atoms with Gasteiger partial charge in [0.05, 0.1) is 0 Å². The highest BCUT2D eigenvalue weighted by molar-refractivity contribution is 4.89. The summed E-state index contributed by atoms with van der Waals surface area (Å²) in [6, 6.07) is 0.503. The summed E-state index contributed by atoms with van der Waals surface area (Å²) < 4.78 is 0. The minimum absolute atomic E-state index is 0.503. The Labute approximate surface area is 114 Å². The van der Waals surface area contributed by atoms with E-state index in [2.05, 4.69) is 20.8 Å². The van der Waals surface area contributed by atoms with Gasteiger partial charge in [0, 0.05) is 6.04 Å². The van der Waals surface area contributed by atoms with Crippen molar-refractivity contribution in [3.8, 4) is 0 Å². The summed E-state index contributed by atoms with van der Waals surface area (Å²) in [7, 11) is 0. The Morgan fingerprint density at radius 3 is 2.22 bits per heavy atom. The Hall–Kier alpha value is -0.0400. The lowest BCUT2D eigenvalue weighted by molar-refractivity contribution is 0.103. The highest BCUT2D eigenvalue weighted by Crippen LogP contribution is 2.43. The molecule has 2 rings (SSSR count). The first kappa shape index (κ1) is 14.4. The van der Waals surface area contributed by atoms with Crippen LogP contribution in [0.3, 0.4) is 0 Å². The van der Waals surface area contributed by atoms with E-state index in [1.165, 1.54) is 51.4 Å². The van der Waals surface area contributed by atoms with Crippen molar-refractivity contribution in [2.45, 2.75) is 78.2 Å². The summed E-state index contributed by atoms with van der Waals surface area (Å²) in [5.41, 5.74) is 6.44. The normalized spacial score (nSPS) is 42.2. The Balaban J connectivity index is 1.90. The van der Waals surface area contributed by atoms with Gasteiger partial charge in [0.1, 0.15) is 0 Å². The molecule has 0 bridgehead atoms. The third-order valence-corrected chi connectivity index (χ3v) is 6.01. The van der Waals surface area contributed by atoms with E-state index in [-0.39, 0.29) is 0 Å². The summed E-state index contributed by atoms with van der Waals surface area (Å²) in [6.07, 6.45) is 11.3. The molecule has 2 aliphatic carbocycles. The van der Waals surface area contributed by atoms with E-state index < -0.39 is 0 Å². The van der Waals surface area contributed by atoms with E-state index >= 15 is 0 Å². The first-order valence-corrected chi connectivity index (χ1v) is 8.37. The van der Waals surface area contributed by atoms with Gasteiger partial charge in [-0.1, -0.05) is 40.0 Å². The van der Waals surface area contributed by atoms with Gasteiger partial charge in [0.2, 0.25) is 0 Å². The van der Waals surface area contributed by atoms with Crippen LogP contribution in [-0.2, 0) is 0 Å². The second-order valence-electron chi connectivity index (χ2n) is 7.33. The fourth-order valence-corrected chi connectivity index (χ4v) is 4.43. The zero-order valence-electron chi connectivity index (χ0n) is 12.7. The fourth-order valence-electron chi connectivity index (χ4n) is 4.43. The van der Waals surface area contributed by atoms with Crippen LogP contribution in [0.1, 0.15) is 72.1 Å². The molecule has 1 heteroatoms. The van der Waals surface area contributed by atoms with Crippen LogP contribution < -0.4 is 5.73 Å². The number of hydrogen-bond acceptors (Lipinski definition) is 1. The molecular weight excluding hydrogens is 218 g/mol. The summed E-state index contributed by atoms with van der Waals surface area (Å²) in [6.45, 7) is 7.14. The number of hydrogen-bond donors (Lipinski definition) is 1. The highest BCUT2D eigenvalue weighted by atomic mass is 14.7. The lowest BCUT2D eigenvalue weighted by atomic mass is 9.65. The Morgan fingerprint density at radius 1 is 1.00 bits per heavy atom. The third kappa shape index (κ3) is 3.29. The van der Waals surface area contributed by atoms with Crippen molar-refractivity contribution in [1.82, 2.24) is 0 Å². The standard InChI is InChI=1S/C17H33N/c1-4-13-5-7-14(8-6-13)16-11-15(12(2)3)9-10-17(16)18/h12-17H,4-11,18H2,1-3H3. The maximum absolute atomic E-state index is 6.44. The molecule has 3 atom stereocenters. The van der Waals surface area contributed by atoms with Crippen molar-refractivity contribution in [2.24, 2.45) is 35.3 Å². The van der Waals surface area contributed by atoms with Gasteiger partial charge in [0.25, 0.3) is 0 Å². The van der Waals surface area contributed by atoms with Gasteiger partial charge < -0.3 is 5.73 Å². The van der Waals surface area contributed by atoms with Gasteiger partial charge in [-0.05, 0) is 61.7 Å². The van der Waals surface area contributed by atoms with Gasteiger partial charge in [-0.2, -0.15) is 0 Å². The third-order valence-electron chi connectivity index (χ3n) is 6.01. The molecule has 0 aliphatic heterocycles. The van der Waals surface area contributed by atoms with Crippen LogP contribution in [-0.4, -0.2) is 6.04 Å². The van der Waals surface area contributed by atoms with Gasteiger partial charge in [-0.3, -0.25) is 0 Å². The predicted molar refractivity (Wildman–Crippen MR) is 79.4 cm³/mol. The van der Waals surface area contributed by atoms with Gasteiger partial charge in [-0.25, -0.2) is 0 Å². The highest BCUT2D eigenvalue weighted by Gasteiger charge is 2.36. The zero-order chi connectivity index (χ0) is 13.1. The maximum atomic E-state index is 6.44. The SMILES string of the molecule is CCC1CCC(C2CC(C(C)C)CCC2N)CC1. The molecule has 106 valence electrons. The Kier molecular flexibility index (Phi) is 5.12. The molecule has 1 nitrogen and oxygen atoms in total. The maximum Gasteiger partial charge on any atom is 0.00700 e. The molecule has 0 radical (unpaired) electrons. The largest absolute Gasteiger partial charge is 0.327 e. The van der Waals surface area contributed by atoms with Crippen LogP contribution in [0.2, 0.25) is 0 Å². The fraction of sp³-hybridized carbons (Fsp3) is 1.00. The van der Waals surface area contributed by atoms with E-state index in [1.54, 1.807) is 0 Å². The quantitative estimate of drug-likeness (QED) is 0.779. The molecule has 18 heavy (non-hydrogen) atoms. The molecule has 2 aliphatic rings. The molecule has 2 N–H and O–H groups in total. The van der Waals surface area contributed by atoms with Crippen molar-refractivity contribution in [1.29, 1.82) is 0 Å². The minimum Gasteiger partial charge on any atom is -0.327 e. The van der Waals surface area contributed by atoms with Crippen molar-refractivity contribution in [3.05, 3.63) is 0 Å². The molecule has 0 amide bonds. The smallest absolute Gasteiger partial charge is 0.00700 e. The van der Waals surface area contributed by atoms with E-state index in [0.29, 0.717) is 6.04 Å². The average Bonchev–Trinajstić information content (AvgIpc) is 2.39. The molecule has 2 saturated carbocycles. The molecule has 2 fully saturated rings. The lowest BCUT2D eigenvalue weighted by Crippen LogP contribution is -2.42. The van der Waals surface area contributed by atoms with Crippen LogP contribution in [0.5, 0.6) is 0 Å². The molecule has 3 unspecified atom stereocenters. The Morgan fingerprint density at radius 2 is 1.67 bits per heavy atom. The summed E-state index contributed by atoms with van der Waals surface area (Å²) >= 11 is 0. The Bertz CT molecular complexity index is 240. The topological polar surface area (TPSA) is 26.0 Å². The molecule has 0 aromatic heterocycles. The van der Waals surface area contributed by atoms with Crippen molar-refractivity contribution >= 4 is 0 Å². The average molecular weight is 251 g/mol. The van der Waals surface area contributed by atoms with Gasteiger partial charge >= 0.3 is 0 Å². The molecule has 0 spiro atoms. The van der Waals surface area contributed by atoms with Crippen molar-refractivity contribution in [2.75, 3.05) is 0 Å². The monoisotopic (exact) mass is 251 g/mol. The van der Waals surface area contributed by atoms with E-state index in [9.17, 15) is 0 Å². The summed E-state index contributed by atoms with van der Waals surface area (Å²) in [5, 5.41) is 0.